The highest BCUT2D eigenvalue weighted by Gasteiger charge is 2.16. The molecule has 150 valence electrons. The highest BCUT2D eigenvalue weighted by molar-refractivity contribution is 7.18. The summed E-state index contributed by atoms with van der Waals surface area (Å²) in [6.45, 7) is -0.0796. The lowest BCUT2D eigenvalue weighted by Crippen LogP contribution is -2.30. The minimum absolute atomic E-state index is 0.0692. The molecular formula is C21H19FN2O4S. The Balaban J connectivity index is 1.42. The number of likely N-dealkylation sites (N-methyl/N-ethyl adjacent to an activating group) is 1. The number of carbonyl (C=O) groups excluding carboxylic acids is 3. The van der Waals surface area contributed by atoms with E-state index in [4.69, 9.17) is 4.74 Å². The number of ether oxygens (including phenoxy) is 1. The normalized spacial score (nSPS) is 10.7. The molecule has 3 rings (SSSR count). The molecular weight excluding hydrogens is 395 g/mol. The number of ketones is 1. The zero-order valence-electron chi connectivity index (χ0n) is 15.8. The number of fused-ring (bicyclic) bond motifs is 1. The van der Waals surface area contributed by atoms with Gasteiger partial charge in [0.2, 0.25) is 0 Å². The Bertz CT molecular complexity index is 1000. The first kappa shape index (κ1) is 20.6. The van der Waals surface area contributed by atoms with Gasteiger partial charge in [-0.15, -0.1) is 11.3 Å². The molecule has 0 spiro atoms. The SMILES string of the molecule is CN(Cc1nc2ccccc2s1)C(=O)COC(=O)CCC(=O)c1ccc(F)cc1. The fourth-order valence-corrected chi connectivity index (χ4v) is 3.62. The minimum Gasteiger partial charge on any atom is -0.456 e. The number of esters is 1. The van der Waals surface area contributed by atoms with Crippen molar-refractivity contribution in [3.05, 3.63) is 64.9 Å². The Kier molecular flexibility index (Phi) is 6.66. The van der Waals surface area contributed by atoms with Crippen molar-refractivity contribution < 1.29 is 23.5 Å². The lowest BCUT2D eigenvalue weighted by Gasteiger charge is -2.15. The zero-order chi connectivity index (χ0) is 20.8. The molecule has 29 heavy (non-hydrogen) atoms. The molecule has 0 aliphatic carbocycles. The van der Waals surface area contributed by atoms with Gasteiger partial charge in [-0.1, -0.05) is 12.1 Å². The number of halogens is 1. The van der Waals surface area contributed by atoms with E-state index in [2.05, 4.69) is 4.98 Å². The van der Waals surface area contributed by atoms with Crippen molar-refractivity contribution in [3.63, 3.8) is 0 Å². The van der Waals surface area contributed by atoms with Crippen LogP contribution < -0.4 is 0 Å². The molecule has 0 saturated heterocycles. The van der Waals surface area contributed by atoms with Crippen molar-refractivity contribution in [2.45, 2.75) is 19.4 Å². The summed E-state index contributed by atoms with van der Waals surface area (Å²) in [4.78, 5) is 41.9. The van der Waals surface area contributed by atoms with Crippen LogP contribution in [0.25, 0.3) is 10.2 Å². The summed E-state index contributed by atoms with van der Waals surface area (Å²) in [6.07, 6.45) is -0.217. The van der Waals surface area contributed by atoms with Gasteiger partial charge in [0.15, 0.2) is 12.4 Å². The molecule has 1 aromatic heterocycles. The standard InChI is InChI=1S/C21H19FN2O4S/c1-24(12-19-23-16-4-2-3-5-18(16)29-19)20(26)13-28-21(27)11-10-17(25)14-6-8-15(22)9-7-14/h2-9H,10-13H2,1H3. The molecule has 8 heteroatoms. The first-order chi connectivity index (χ1) is 13.9. The molecule has 0 aliphatic heterocycles. The van der Waals surface area contributed by atoms with E-state index in [1.54, 1.807) is 7.05 Å². The van der Waals surface area contributed by atoms with Gasteiger partial charge in [-0.2, -0.15) is 0 Å². The largest absolute Gasteiger partial charge is 0.456 e. The summed E-state index contributed by atoms with van der Waals surface area (Å²) in [5, 5.41) is 0.790. The number of carbonyl (C=O) groups is 3. The molecule has 0 unspecified atom stereocenters. The van der Waals surface area contributed by atoms with Crippen molar-refractivity contribution in [2.75, 3.05) is 13.7 Å². The topological polar surface area (TPSA) is 76.6 Å². The van der Waals surface area contributed by atoms with E-state index in [1.165, 1.54) is 40.5 Å². The van der Waals surface area contributed by atoms with E-state index in [0.717, 1.165) is 15.2 Å². The summed E-state index contributed by atoms with van der Waals surface area (Å²) in [5.74, 6) is -1.72. The first-order valence-corrected chi connectivity index (χ1v) is 9.77. The number of amides is 1. The quantitative estimate of drug-likeness (QED) is 0.416. The van der Waals surface area contributed by atoms with Crippen LogP contribution in [0.15, 0.2) is 48.5 Å². The van der Waals surface area contributed by atoms with Gasteiger partial charge in [0.1, 0.15) is 10.8 Å². The van der Waals surface area contributed by atoms with Crippen molar-refractivity contribution in [3.8, 4) is 0 Å². The second-order valence-corrected chi connectivity index (χ2v) is 7.53. The molecule has 1 heterocycles. The van der Waals surface area contributed by atoms with Crippen molar-refractivity contribution in [1.82, 2.24) is 9.88 Å². The zero-order valence-corrected chi connectivity index (χ0v) is 16.6. The highest BCUT2D eigenvalue weighted by Crippen LogP contribution is 2.22. The molecule has 2 aromatic carbocycles. The lowest BCUT2D eigenvalue weighted by molar-refractivity contribution is -0.151. The number of nitrogens with zero attached hydrogens (tertiary/aromatic N) is 2. The minimum atomic E-state index is -0.637. The average molecular weight is 414 g/mol. The van der Waals surface area contributed by atoms with E-state index in [1.807, 2.05) is 24.3 Å². The molecule has 0 saturated carbocycles. The molecule has 0 N–H and O–H groups in total. The van der Waals surface area contributed by atoms with Gasteiger partial charge in [0.25, 0.3) is 5.91 Å². The smallest absolute Gasteiger partial charge is 0.306 e. The third kappa shape index (κ3) is 5.68. The Morgan fingerprint density at radius 1 is 1.07 bits per heavy atom. The van der Waals surface area contributed by atoms with Crippen molar-refractivity contribution >= 4 is 39.2 Å². The number of thiazole rings is 1. The third-order valence-electron chi connectivity index (χ3n) is 4.22. The summed E-state index contributed by atoms with van der Waals surface area (Å²) in [6, 6.07) is 12.8. The Hall–Kier alpha value is -3.13. The van der Waals surface area contributed by atoms with Crippen LogP contribution in [0.2, 0.25) is 0 Å². The molecule has 6 nitrogen and oxygen atoms in total. The third-order valence-corrected chi connectivity index (χ3v) is 5.24. The number of Topliss-reactive ketones (excluding diaryl/α,β-unsaturated/α-hetero) is 1. The first-order valence-electron chi connectivity index (χ1n) is 8.95. The van der Waals surface area contributed by atoms with Crippen LogP contribution in [0.3, 0.4) is 0 Å². The molecule has 3 aromatic rings. The van der Waals surface area contributed by atoms with Gasteiger partial charge in [0, 0.05) is 19.0 Å². The fourth-order valence-electron chi connectivity index (χ4n) is 2.60. The van der Waals surface area contributed by atoms with Gasteiger partial charge < -0.3 is 9.64 Å². The van der Waals surface area contributed by atoms with Crippen LogP contribution >= 0.6 is 11.3 Å². The van der Waals surface area contributed by atoms with Crippen LogP contribution in [-0.4, -0.2) is 41.2 Å². The second-order valence-electron chi connectivity index (χ2n) is 6.42. The van der Waals surface area contributed by atoms with Gasteiger partial charge >= 0.3 is 5.97 Å². The number of para-hydroxylation sites is 1. The number of rotatable bonds is 8. The molecule has 0 aliphatic rings. The Labute approximate surface area is 170 Å². The summed E-state index contributed by atoms with van der Waals surface area (Å²) in [5.41, 5.74) is 1.21. The van der Waals surface area contributed by atoms with Gasteiger partial charge in [-0.3, -0.25) is 14.4 Å². The maximum Gasteiger partial charge on any atom is 0.306 e. The van der Waals surface area contributed by atoms with E-state index in [9.17, 15) is 18.8 Å². The van der Waals surface area contributed by atoms with Crippen molar-refractivity contribution in [1.29, 1.82) is 0 Å². The number of benzene rings is 2. The van der Waals surface area contributed by atoms with E-state index in [-0.39, 0.29) is 24.5 Å². The number of aromatic nitrogens is 1. The fraction of sp³-hybridized carbons (Fsp3) is 0.238. The summed E-state index contributed by atoms with van der Waals surface area (Å²) < 4.78 is 18.9. The molecule has 0 radical (unpaired) electrons. The van der Waals surface area contributed by atoms with Gasteiger partial charge in [-0.05, 0) is 36.4 Å². The van der Waals surface area contributed by atoms with E-state index >= 15 is 0 Å². The van der Waals surface area contributed by atoms with Crippen LogP contribution in [0.5, 0.6) is 0 Å². The van der Waals surface area contributed by atoms with Crippen LogP contribution in [0.1, 0.15) is 28.2 Å². The predicted octanol–water partition coefficient (Wildman–Crippen LogP) is 3.60. The molecule has 0 fully saturated rings. The molecule has 1 amide bonds. The maximum absolute atomic E-state index is 12.9. The Morgan fingerprint density at radius 2 is 1.79 bits per heavy atom. The molecule has 0 bridgehead atoms. The monoisotopic (exact) mass is 414 g/mol. The van der Waals surface area contributed by atoms with Gasteiger partial charge in [-0.25, -0.2) is 9.37 Å². The number of hydrogen-bond acceptors (Lipinski definition) is 6. The second kappa shape index (κ2) is 9.38. The van der Waals surface area contributed by atoms with Crippen LogP contribution in [0.4, 0.5) is 4.39 Å². The van der Waals surface area contributed by atoms with Crippen molar-refractivity contribution in [2.24, 2.45) is 0 Å². The van der Waals surface area contributed by atoms with Crippen LogP contribution in [0, 0.1) is 5.82 Å². The Morgan fingerprint density at radius 3 is 2.52 bits per heavy atom. The average Bonchev–Trinajstić information content (AvgIpc) is 3.12. The van der Waals surface area contributed by atoms with E-state index in [0.29, 0.717) is 12.1 Å². The maximum atomic E-state index is 12.9. The van der Waals surface area contributed by atoms with E-state index < -0.39 is 18.4 Å². The summed E-state index contributed by atoms with van der Waals surface area (Å²) in [7, 11) is 1.61. The number of hydrogen-bond donors (Lipinski definition) is 0. The van der Waals surface area contributed by atoms with Gasteiger partial charge in [0.05, 0.1) is 23.2 Å². The molecule has 0 atom stereocenters. The predicted molar refractivity (Wildman–Crippen MR) is 107 cm³/mol. The summed E-state index contributed by atoms with van der Waals surface area (Å²) >= 11 is 1.50. The lowest BCUT2D eigenvalue weighted by atomic mass is 10.1. The highest BCUT2D eigenvalue weighted by atomic mass is 32.1. The van der Waals surface area contributed by atoms with Crippen LogP contribution in [-0.2, 0) is 20.9 Å².